The van der Waals surface area contributed by atoms with Gasteiger partial charge in [0.15, 0.2) is 0 Å². The number of nitrogens with zero attached hydrogens (tertiary/aromatic N) is 2. The van der Waals surface area contributed by atoms with Crippen molar-refractivity contribution in [2.45, 2.75) is 19.8 Å². The number of hydrogen-bond donors (Lipinski definition) is 0. The summed E-state index contributed by atoms with van der Waals surface area (Å²) in [7, 11) is 1.58. The Balaban J connectivity index is 1.87. The van der Waals surface area contributed by atoms with E-state index < -0.39 is 0 Å². The van der Waals surface area contributed by atoms with E-state index in [9.17, 15) is 9.59 Å². The Kier molecular flexibility index (Phi) is 4.90. The van der Waals surface area contributed by atoms with E-state index in [2.05, 4.69) is 11.8 Å². The van der Waals surface area contributed by atoms with Crippen LogP contribution in [0.1, 0.15) is 25.3 Å². The van der Waals surface area contributed by atoms with Crippen molar-refractivity contribution in [2.75, 3.05) is 25.1 Å². The van der Waals surface area contributed by atoms with E-state index in [4.69, 9.17) is 4.74 Å². The van der Waals surface area contributed by atoms with Gasteiger partial charge in [0.2, 0.25) is 0 Å². The number of piperidine rings is 1. The first-order valence-corrected chi connectivity index (χ1v) is 9.68. The largest absolute Gasteiger partial charge is 0.496 e. The number of hydrogen-bond acceptors (Lipinski definition) is 4. The van der Waals surface area contributed by atoms with Crippen molar-refractivity contribution >= 4 is 23.1 Å². The van der Waals surface area contributed by atoms with Gasteiger partial charge in [-0.15, -0.1) is 0 Å². The number of benzene rings is 2. The lowest BCUT2D eigenvalue weighted by molar-refractivity contribution is -0.120. The lowest BCUT2D eigenvalue weighted by Gasteiger charge is -2.33. The van der Waals surface area contributed by atoms with Crippen LogP contribution in [0.3, 0.4) is 0 Å². The van der Waals surface area contributed by atoms with Crippen molar-refractivity contribution in [1.29, 1.82) is 0 Å². The fourth-order valence-corrected chi connectivity index (χ4v) is 4.11. The number of carbonyl (C=O) groups excluding carboxylic acids is 2. The fraction of sp³-hybridized carbons (Fsp3) is 0.304. The molecule has 0 radical (unpaired) electrons. The number of amides is 2. The summed E-state index contributed by atoms with van der Waals surface area (Å²) in [5.41, 5.74) is 2.17. The van der Waals surface area contributed by atoms with Crippen LogP contribution in [-0.2, 0) is 9.59 Å². The summed E-state index contributed by atoms with van der Waals surface area (Å²) in [6.07, 6.45) is 2.15. The second-order valence-corrected chi connectivity index (χ2v) is 7.40. The minimum atomic E-state index is -0.297. The first-order chi connectivity index (χ1) is 13.6. The molecule has 2 aliphatic heterocycles. The normalized spacial score (nSPS) is 20.1. The molecule has 28 heavy (non-hydrogen) atoms. The van der Waals surface area contributed by atoms with Crippen LogP contribution in [0.4, 0.5) is 5.69 Å². The molecule has 0 aromatic heterocycles. The third-order valence-electron chi connectivity index (χ3n) is 5.42. The molecule has 1 fully saturated rings. The molecule has 2 aromatic carbocycles. The summed E-state index contributed by atoms with van der Waals surface area (Å²) < 4.78 is 5.50. The first kappa shape index (κ1) is 18.3. The van der Waals surface area contributed by atoms with Gasteiger partial charge in [-0.1, -0.05) is 43.3 Å². The van der Waals surface area contributed by atoms with Crippen molar-refractivity contribution in [1.82, 2.24) is 4.90 Å². The van der Waals surface area contributed by atoms with E-state index in [0.717, 1.165) is 25.9 Å². The van der Waals surface area contributed by atoms with Gasteiger partial charge in [-0.3, -0.25) is 9.59 Å². The molecule has 1 atom stereocenters. The van der Waals surface area contributed by atoms with E-state index >= 15 is 0 Å². The predicted molar refractivity (Wildman–Crippen MR) is 109 cm³/mol. The van der Waals surface area contributed by atoms with Crippen LogP contribution in [-0.4, -0.2) is 36.9 Å². The molecule has 2 amide bonds. The monoisotopic (exact) mass is 376 g/mol. The predicted octanol–water partition coefficient (Wildman–Crippen LogP) is 3.71. The fourth-order valence-electron chi connectivity index (χ4n) is 4.11. The standard InChI is InChI=1S/C23H24N2O3/c1-16-9-8-14-24(15-16)21-20(18-12-6-7-13-19(18)28-2)22(26)25(23(21)27)17-10-4-3-5-11-17/h3-7,10-13,16H,8-9,14-15H2,1-2H3. The molecule has 5 nitrogen and oxygen atoms in total. The summed E-state index contributed by atoms with van der Waals surface area (Å²) in [4.78, 5) is 30.3. The molecule has 2 heterocycles. The van der Waals surface area contributed by atoms with Crippen LogP contribution in [0, 0.1) is 5.92 Å². The lowest BCUT2D eigenvalue weighted by atomic mass is 9.97. The van der Waals surface area contributed by atoms with Gasteiger partial charge < -0.3 is 9.64 Å². The Labute approximate surface area is 165 Å². The number of ether oxygens (including phenoxy) is 1. The molecule has 4 rings (SSSR count). The molecule has 0 aliphatic carbocycles. The van der Waals surface area contributed by atoms with Crippen LogP contribution in [0.15, 0.2) is 60.3 Å². The molecule has 144 valence electrons. The molecular formula is C23H24N2O3. The average molecular weight is 376 g/mol. The van der Waals surface area contributed by atoms with Gasteiger partial charge in [0.1, 0.15) is 11.4 Å². The smallest absolute Gasteiger partial charge is 0.282 e. The van der Waals surface area contributed by atoms with Crippen LogP contribution in [0.25, 0.3) is 5.57 Å². The molecule has 1 unspecified atom stereocenters. The minimum absolute atomic E-state index is 0.258. The highest BCUT2D eigenvalue weighted by atomic mass is 16.5. The lowest BCUT2D eigenvalue weighted by Crippen LogP contribution is -2.39. The van der Waals surface area contributed by atoms with Gasteiger partial charge in [-0.05, 0) is 37.0 Å². The van der Waals surface area contributed by atoms with Crippen molar-refractivity contribution in [3.8, 4) is 5.75 Å². The highest BCUT2D eigenvalue weighted by Gasteiger charge is 2.43. The Morgan fingerprint density at radius 2 is 1.68 bits per heavy atom. The van der Waals surface area contributed by atoms with Gasteiger partial charge in [0, 0.05) is 18.7 Å². The third-order valence-corrected chi connectivity index (χ3v) is 5.42. The topological polar surface area (TPSA) is 49.9 Å². The molecule has 0 spiro atoms. The average Bonchev–Trinajstić information content (AvgIpc) is 2.98. The SMILES string of the molecule is COc1ccccc1C1=C(N2CCCC(C)C2)C(=O)N(c2ccccc2)C1=O. The van der Waals surface area contributed by atoms with Crippen molar-refractivity contribution in [3.63, 3.8) is 0 Å². The Morgan fingerprint density at radius 1 is 0.964 bits per heavy atom. The van der Waals surface area contributed by atoms with E-state index in [1.54, 1.807) is 19.2 Å². The van der Waals surface area contributed by atoms with Gasteiger partial charge in [-0.25, -0.2) is 4.90 Å². The van der Waals surface area contributed by atoms with Gasteiger partial charge in [-0.2, -0.15) is 0 Å². The molecule has 2 aromatic rings. The summed E-state index contributed by atoms with van der Waals surface area (Å²) in [5, 5.41) is 0. The zero-order valence-electron chi connectivity index (χ0n) is 16.2. The van der Waals surface area contributed by atoms with E-state index in [1.165, 1.54) is 4.90 Å². The zero-order valence-corrected chi connectivity index (χ0v) is 16.2. The second kappa shape index (κ2) is 7.50. The van der Waals surface area contributed by atoms with E-state index in [0.29, 0.717) is 34.2 Å². The summed E-state index contributed by atoms with van der Waals surface area (Å²) in [6, 6.07) is 16.5. The van der Waals surface area contributed by atoms with Gasteiger partial charge >= 0.3 is 0 Å². The molecule has 0 N–H and O–H groups in total. The molecule has 0 saturated carbocycles. The van der Waals surface area contributed by atoms with Crippen molar-refractivity contribution in [2.24, 2.45) is 5.92 Å². The Hall–Kier alpha value is -3.08. The van der Waals surface area contributed by atoms with Crippen LogP contribution < -0.4 is 9.64 Å². The van der Waals surface area contributed by atoms with Crippen LogP contribution >= 0.6 is 0 Å². The number of carbonyl (C=O) groups is 2. The highest BCUT2D eigenvalue weighted by Crippen LogP contribution is 2.39. The Bertz CT molecular complexity index is 936. The van der Waals surface area contributed by atoms with Gasteiger partial charge in [0.05, 0.1) is 18.4 Å². The first-order valence-electron chi connectivity index (χ1n) is 9.68. The third kappa shape index (κ3) is 3.07. The van der Waals surface area contributed by atoms with Crippen LogP contribution in [0.5, 0.6) is 5.75 Å². The molecule has 0 bridgehead atoms. The maximum atomic E-state index is 13.5. The van der Waals surface area contributed by atoms with E-state index in [-0.39, 0.29) is 11.8 Å². The van der Waals surface area contributed by atoms with Crippen LogP contribution in [0.2, 0.25) is 0 Å². The molecule has 5 heteroatoms. The molecule has 2 aliphatic rings. The highest BCUT2D eigenvalue weighted by molar-refractivity contribution is 6.45. The number of likely N-dealkylation sites (tertiary alicyclic amines) is 1. The molecule has 1 saturated heterocycles. The second-order valence-electron chi connectivity index (χ2n) is 7.40. The Morgan fingerprint density at radius 3 is 2.39 bits per heavy atom. The summed E-state index contributed by atoms with van der Waals surface area (Å²) in [6.45, 7) is 3.74. The van der Waals surface area contributed by atoms with Gasteiger partial charge in [0.25, 0.3) is 11.8 Å². The minimum Gasteiger partial charge on any atom is -0.496 e. The maximum Gasteiger partial charge on any atom is 0.282 e. The summed E-state index contributed by atoms with van der Waals surface area (Å²) in [5.74, 6) is 0.519. The van der Waals surface area contributed by atoms with Crippen molar-refractivity contribution < 1.29 is 14.3 Å². The maximum absolute atomic E-state index is 13.5. The molecular weight excluding hydrogens is 352 g/mol. The van der Waals surface area contributed by atoms with E-state index in [1.807, 2.05) is 42.5 Å². The number of anilines is 1. The number of para-hydroxylation sites is 2. The summed E-state index contributed by atoms with van der Waals surface area (Å²) >= 11 is 0. The quantitative estimate of drug-likeness (QED) is 0.764. The number of imide groups is 1. The zero-order chi connectivity index (χ0) is 19.7. The number of rotatable bonds is 4. The number of methoxy groups -OCH3 is 1. The van der Waals surface area contributed by atoms with Crippen molar-refractivity contribution in [3.05, 3.63) is 65.9 Å².